The van der Waals surface area contributed by atoms with Gasteiger partial charge in [0.25, 0.3) is 0 Å². The van der Waals surface area contributed by atoms with Crippen molar-refractivity contribution >= 4 is 8.60 Å². The van der Waals surface area contributed by atoms with Crippen LogP contribution in [0.3, 0.4) is 0 Å². The molecular formula is C18H31O3P. The molecule has 126 valence electrons. The first-order chi connectivity index (χ1) is 10.4. The van der Waals surface area contributed by atoms with Gasteiger partial charge in [-0.2, -0.15) is 0 Å². The molecule has 0 fully saturated rings. The number of rotatable bonds is 9. The molecule has 2 N–H and O–H groups in total. The Bertz CT molecular complexity index is 427. The number of hydrogen-bond donors (Lipinski definition) is 2. The van der Waals surface area contributed by atoms with Crippen LogP contribution >= 0.6 is 8.60 Å². The minimum atomic E-state index is -2.34. The van der Waals surface area contributed by atoms with Gasteiger partial charge in [0, 0.05) is 0 Å². The Morgan fingerprint density at radius 2 is 1.68 bits per heavy atom. The molecule has 0 aliphatic heterocycles. The van der Waals surface area contributed by atoms with E-state index in [1.54, 1.807) is 0 Å². The van der Waals surface area contributed by atoms with Gasteiger partial charge in [-0.3, -0.25) is 0 Å². The van der Waals surface area contributed by atoms with E-state index in [0.717, 1.165) is 18.4 Å². The second kappa shape index (κ2) is 9.62. The average molecular weight is 326 g/mol. The summed E-state index contributed by atoms with van der Waals surface area (Å²) in [4.78, 5) is 18.6. The second-order valence-corrected chi connectivity index (χ2v) is 7.60. The average Bonchev–Trinajstić information content (AvgIpc) is 2.44. The lowest BCUT2D eigenvalue weighted by Gasteiger charge is -2.27. The maximum absolute atomic E-state index is 9.32. The lowest BCUT2D eigenvalue weighted by molar-refractivity contribution is 0.159. The first kappa shape index (κ1) is 19.6. The largest absolute Gasteiger partial charge is 0.328 e. The fraction of sp³-hybridized carbons (Fsp3) is 0.667. The Labute approximate surface area is 136 Å². The third-order valence-corrected chi connectivity index (χ3v) is 4.35. The van der Waals surface area contributed by atoms with Crippen molar-refractivity contribution in [1.29, 1.82) is 0 Å². The lowest BCUT2D eigenvalue weighted by atomic mass is 9.81. The smallest absolute Gasteiger partial charge is 0.327 e. The first-order valence-electron chi connectivity index (χ1n) is 8.30. The Balaban J connectivity index is 2.83. The van der Waals surface area contributed by atoms with Crippen molar-refractivity contribution in [2.45, 2.75) is 77.7 Å². The van der Waals surface area contributed by atoms with Crippen molar-refractivity contribution < 1.29 is 14.3 Å². The highest BCUT2D eigenvalue weighted by Crippen LogP contribution is 2.40. The zero-order valence-electron chi connectivity index (χ0n) is 14.4. The highest BCUT2D eigenvalue weighted by molar-refractivity contribution is 7.39. The van der Waals surface area contributed by atoms with Crippen LogP contribution in [0.4, 0.5) is 0 Å². The molecule has 0 aromatic heterocycles. The highest BCUT2D eigenvalue weighted by Gasteiger charge is 2.24. The molecule has 1 unspecified atom stereocenters. The molecule has 4 heteroatoms. The molecular weight excluding hydrogens is 295 g/mol. The Kier molecular flexibility index (Phi) is 8.56. The molecule has 0 spiro atoms. The van der Waals surface area contributed by atoms with E-state index in [4.69, 9.17) is 4.52 Å². The number of unbranched alkanes of at least 4 members (excludes halogenated alkanes) is 4. The Morgan fingerprint density at radius 1 is 1.05 bits per heavy atom. The zero-order chi connectivity index (χ0) is 16.6. The molecule has 3 nitrogen and oxygen atoms in total. The van der Waals surface area contributed by atoms with Crippen LogP contribution in [0, 0.1) is 0 Å². The molecule has 0 saturated carbocycles. The van der Waals surface area contributed by atoms with E-state index in [2.05, 4.69) is 39.8 Å². The van der Waals surface area contributed by atoms with Crippen molar-refractivity contribution in [3.8, 4) is 0 Å². The van der Waals surface area contributed by atoms with Gasteiger partial charge in [0.05, 0.1) is 6.10 Å². The van der Waals surface area contributed by atoms with Crippen LogP contribution in [0.5, 0.6) is 0 Å². The minimum absolute atomic E-state index is 0.00802. The number of hydrogen-bond acceptors (Lipinski definition) is 3. The van der Waals surface area contributed by atoms with Gasteiger partial charge in [-0.15, -0.1) is 0 Å². The van der Waals surface area contributed by atoms with Gasteiger partial charge in [-0.1, -0.05) is 84.1 Å². The van der Waals surface area contributed by atoms with E-state index in [-0.39, 0.29) is 11.5 Å². The van der Waals surface area contributed by atoms with Crippen LogP contribution in [0.15, 0.2) is 24.3 Å². The summed E-state index contributed by atoms with van der Waals surface area (Å²) in [7, 11) is -2.34. The van der Waals surface area contributed by atoms with E-state index in [1.807, 2.05) is 12.1 Å². The lowest BCUT2D eigenvalue weighted by Crippen LogP contribution is -2.17. The van der Waals surface area contributed by atoms with Crippen LogP contribution in [0.25, 0.3) is 0 Å². The molecule has 0 aliphatic rings. The highest BCUT2D eigenvalue weighted by atomic mass is 31.2. The quantitative estimate of drug-likeness (QED) is 0.458. The first-order valence-corrected chi connectivity index (χ1v) is 9.46. The molecule has 1 aromatic carbocycles. The summed E-state index contributed by atoms with van der Waals surface area (Å²) in [6.45, 7) is 8.72. The van der Waals surface area contributed by atoms with Crippen molar-refractivity contribution in [1.82, 2.24) is 0 Å². The molecule has 22 heavy (non-hydrogen) atoms. The van der Waals surface area contributed by atoms with Crippen molar-refractivity contribution in [3.63, 3.8) is 0 Å². The molecule has 1 atom stereocenters. The van der Waals surface area contributed by atoms with Gasteiger partial charge in [-0.25, -0.2) is 0 Å². The summed E-state index contributed by atoms with van der Waals surface area (Å²) in [6.07, 6.45) is 6.53. The minimum Gasteiger partial charge on any atom is -0.328 e. The van der Waals surface area contributed by atoms with E-state index >= 15 is 0 Å². The fourth-order valence-corrected chi connectivity index (χ4v) is 3.22. The van der Waals surface area contributed by atoms with E-state index in [1.165, 1.54) is 31.2 Å². The van der Waals surface area contributed by atoms with Crippen molar-refractivity contribution in [3.05, 3.63) is 35.4 Å². The van der Waals surface area contributed by atoms with Crippen molar-refractivity contribution in [2.24, 2.45) is 0 Å². The summed E-state index contributed by atoms with van der Waals surface area (Å²) >= 11 is 0. The summed E-state index contributed by atoms with van der Waals surface area (Å²) in [5.74, 6) is 0. The van der Waals surface area contributed by atoms with Crippen LogP contribution in [0.1, 0.15) is 83.5 Å². The fourth-order valence-electron chi connectivity index (χ4n) is 2.77. The molecule has 0 bridgehead atoms. The summed E-state index contributed by atoms with van der Waals surface area (Å²) in [5.41, 5.74) is 2.31. The van der Waals surface area contributed by atoms with E-state index < -0.39 is 8.60 Å². The Morgan fingerprint density at radius 3 is 2.27 bits per heavy atom. The van der Waals surface area contributed by atoms with Crippen LogP contribution in [-0.2, 0) is 9.94 Å². The predicted molar refractivity (Wildman–Crippen MR) is 93.7 cm³/mol. The van der Waals surface area contributed by atoms with Gasteiger partial charge in [0.2, 0.25) is 0 Å². The van der Waals surface area contributed by atoms with Gasteiger partial charge in [0.1, 0.15) is 0 Å². The summed E-state index contributed by atoms with van der Waals surface area (Å²) < 4.78 is 5.45. The monoisotopic (exact) mass is 326 g/mol. The molecule has 1 aromatic rings. The second-order valence-electron chi connectivity index (χ2n) is 6.89. The molecule has 0 saturated heterocycles. The topological polar surface area (TPSA) is 49.7 Å². The van der Waals surface area contributed by atoms with Gasteiger partial charge >= 0.3 is 8.60 Å². The summed E-state index contributed by atoms with van der Waals surface area (Å²) in [5, 5.41) is 0. The molecule has 1 rings (SSSR count). The van der Waals surface area contributed by atoms with Crippen LogP contribution in [0.2, 0.25) is 0 Å². The third-order valence-electron chi connectivity index (χ3n) is 3.91. The summed E-state index contributed by atoms with van der Waals surface area (Å²) in [6, 6.07) is 8.19. The van der Waals surface area contributed by atoms with E-state index in [0.29, 0.717) is 0 Å². The van der Waals surface area contributed by atoms with Gasteiger partial charge in [0.15, 0.2) is 0 Å². The van der Waals surface area contributed by atoms with Crippen LogP contribution in [-0.4, -0.2) is 9.79 Å². The van der Waals surface area contributed by atoms with Crippen molar-refractivity contribution in [2.75, 3.05) is 0 Å². The van der Waals surface area contributed by atoms with Gasteiger partial charge in [-0.05, 0) is 23.0 Å². The van der Waals surface area contributed by atoms with Gasteiger partial charge < -0.3 is 14.3 Å². The molecule has 0 radical (unpaired) electrons. The van der Waals surface area contributed by atoms with E-state index in [9.17, 15) is 9.79 Å². The Hall–Kier alpha value is -0.470. The maximum Gasteiger partial charge on any atom is 0.327 e. The molecule has 0 heterocycles. The normalized spacial score (nSPS) is 13.6. The zero-order valence-corrected chi connectivity index (χ0v) is 15.3. The van der Waals surface area contributed by atoms with Crippen LogP contribution < -0.4 is 0 Å². The SMILES string of the molecule is CCCCCCCC(OP(O)O)c1ccccc1C(C)(C)C. The maximum atomic E-state index is 9.32. The predicted octanol–water partition coefficient (Wildman–Crippen LogP) is 5.61. The number of benzene rings is 1. The third kappa shape index (κ3) is 6.75. The standard InChI is InChI=1S/C18H31O3P/c1-5-6-7-8-9-14-17(21-22(19)20)15-12-10-11-13-16(15)18(2,3)4/h10-13,17,19-20H,5-9,14H2,1-4H3. The molecule has 0 amide bonds. The molecule has 0 aliphatic carbocycles.